The second kappa shape index (κ2) is 6.19. The predicted molar refractivity (Wildman–Crippen MR) is 75.7 cm³/mol. The summed E-state index contributed by atoms with van der Waals surface area (Å²) in [6.07, 6.45) is 6.16. The van der Waals surface area contributed by atoms with Crippen molar-refractivity contribution >= 4 is 5.57 Å². The molecule has 0 saturated heterocycles. The summed E-state index contributed by atoms with van der Waals surface area (Å²) in [5.41, 5.74) is 6.12. The molecular formula is C16H21N. The van der Waals surface area contributed by atoms with E-state index >= 15 is 0 Å². The van der Waals surface area contributed by atoms with Crippen molar-refractivity contribution in [2.75, 3.05) is 0 Å². The average Bonchev–Trinajstić information content (AvgIpc) is 2.29. The zero-order chi connectivity index (χ0) is 12.8. The SMILES string of the molecule is C/C=C(C)\C=C(\C)C(=C(C)C)c1ccccn1. The molecule has 1 rings (SSSR count). The Morgan fingerprint density at radius 1 is 1.12 bits per heavy atom. The number of allylic oxidation sites excluding steroid dienone is 6. The lowest BCUT2D eigenvalue weighted by atomic mass is 9.97. The molecule has 0 fully saturated rings. The standard InChI is InChI=1S/C16H21N/c1-6-13(4)11-14(5)16(12(2)3)15-9-7-8-10-17-15/h6-11H,1-5H3/b13-6-,14-11-. The molecule has 0 aliphatic carbocycles. The molecule has 0 unspecified atom stereocenters. The van der Waals surface area contributed by atoms with Gasteiger partial charge in [-0.15, -0.1) is 0 Å². The Morgan fingerprint density at radius 2 is 1.82 bits per heavy atom. The molecule has 90 valence electrons. The fourth-order valence-corrected chi connectivity index (χ4v) is 1.86. The van der Waals surface area contributed by atoms with Crippen molar-refractivity contribution in [2.45, 2.75) is 34.6 Å². The molecule has 0 aromatic carbocycles. The smallest absolute Gasteiger partial charge is 0.0703 e. The van der Waals surface area contributed by atoms with E-state index in [0.717, 1.165) is 5.69 Å². The van der Waals surface area contributed by atoms with Crippen LogP contribution < -0.4 is 0 Å². The van der Waals surface area contributed by atoms with Gasteiger partial charge in [-0.3, -0.25) is 4.98 Å². The van der Waals surface area contributed by atoms with Crippen molar-refractivity contribution in [2.24, 2.45) is 0 Å². The first-order chi connectivity index (χ1) is 8.06. The van der Waals surface area contributed by atoms with E-state index in [2.05, 4.69) is 57.8 Å². The normalized spacial score (nSPS) is 12.5. The third-order valence-electron chi connectivity index (χ3n) is 2.71. The zero-order valence-electron chi connectivity index (χ0n) is 11.4. The van der Waals surface area contributed by atoms with Crippen LogP contribution >= 0.6 is 0 Å². The lowest BCUT2D eigenvalue weighted by Crippen LogP contribution is -1.93. The Bertz CT molecular complexity index is 458. The van der Waals surface area contributed by atoms with Crippen molar-refractivity contribution in [3.63, 3.8) is 0 Å². The van der Waals surface area contributed by atoms with Gasteiger partial charge in [-0.1, -0.05) is 29.4 Å². The number of hydrogen-bond donors (Lipinski definition) is 0. The molecule has 0 saturated carbocycles. The minimum absolute atomic E-state index is 1.05. The van der Waals surface area contributed by atoms with Gasteiger partial charge >= 0.3 is 0 Å². The Kier molecular flexibility index (Phi) is 4.89. The van der Waals surface area contributed by atoms with E-state index in [9.17, 15) is 0 Å². The van der Waals surface area contributed by atoms with Crippen LogP contribution in [-0.2, 0) is 0 Å². The van der Waals surface area contributed by atoms with Crippen LogP contribution in [0, 0.1) is 0 Å². The molecule has 0 aliphatic heterocycles. The minimum Gasteiger partial charge on any atom is -0.256 e. The lowest BCUT2D eigenvalue weighted by Gasteiger charge is -2.10. The third kappa shape index (κ3) is 3.70. The maximum Gasteiger partial charge on any atom is 0.0703 e. The Hall–Kier alpha value is -1.63. The zero-order valence-corrected chi connectivity index (χ0v) is 11.4. The molecule has 0 aliphatic rings. The lowest BCUT2D eigenvalue weighted by molar-refractivity contribution is 1.23. The van der Waals surface area contributed by atoms with Crippen molar-refractivity contribution < 1.29 is 0 Å². The van der Waals surface area contributed by atoms with Crippen molar-refractivity contribution in [1.82, 2.24) is 4.98 Å². The first-order valence-corrected chi connectivity index (χ1v) is 5.96. The Balaban J connectivity index is 3.23. The third-order valence-corrected chi connectivity index (χ3v) is 2.71. The maximum atomic E-state index is 4.44. The second-order valence-electron chi connectivity index (χ2n) is 4.45. The summed E-state index contributed by atoms with van der Waals surface area (Å²) >= 11 is 0. The highest BCUT2D eigenvalue weighted by Crippen LogP contribution is 2.25. The van der Waals surface area contributed by atoms with E-state index in [1.165, 1.54) is 22.3 Å². The van der Waals surface area contributed by atoms with Crippen LogP contribution in [0.15, 0.2) is 53.3 Å². The predicted octanol–water partition coefficient (Wildman–Crippen LogP) is 4.79. The van der Waals surface area contributed by atoms with Crippen LogP contribution in [0.3, 0.4) is 0 Å². The van der Waals surface area contributed by atoms with Crippen LogP contribution in [-0.4, -0.2) is 4.98 Å². The summed E-state index contributed by atoms with van der Waals surface area (Å²) in [7, 11) is 0. The number of nitrogens with zero attached hydrogens (tertiary/aromatic N) is 1. The van der Waals surface area contributed by atoms with E-state index in [1.807, 2.05) is 18.3 Å². The van der Waals surface area contributed by atoms with Crippen LogP contribution in [0.5, 0.6) is 0 Å². The Morgan fingerprint density at radius 3 is 2.29 bits per heavy atom. The molecule has 1 aromatic heterocycles. The molecule has 0 atom stereocenters. The van der Waals surface area contributed by atoms with Crippen LogP contribution in [0.25, 0.3) is 5.57 Å². The summed E-state index contributed by atoms with van der Waals surface area (Å²) in [5.74, 6) is 0. The first kappa shape index (κ1) is 13.4. The van der Waals surface area contributed by atoms with Gasteiger partial charge in [0.25, 0.3) is 0 Å². The second-order valence-corrected chi connectivity index (χ2v) is 4.45. The van der Waals surface area contributed by atoms with Crippen LogP contribution in [0.2, 0.25) is 0 Å². The number of aromatic nitrogens is 1. The van der Waals surface area contributed by atoms with Crippen molar-refractivity contribution in [3.8, 4) is 0 Å². The van der Waals surface area contributed by atoms with Crippen LogP contribution in [0.4, 0.5) is 0 Å². The fourth-order valence-electron chi connectivity index (χ4n) is 1.86. The highest BCUT2D eigenvalue weighted by Gasteiger charge is 2.06. The number of rotatable bonds is 3. The van der Waals surface area contributed by atoms with E-state index in [4.69, 9.17) is 0 Å². The number of pyridine rings is 1. The summed E-state index contributed by atoms with van der Waals surface area (Å²) in [5, 5.41) is 0. The first-order valence-electron chi connectivity index (χ1n) is 5.96. The van der Waals surface area contributed by atoms with Gasteiger partial charge in [0, 0.05) is 11.8 Å². The highest BCUT2D eigenvalue weighted by atomic mass is 14.7. The van der Waals surface area contributed by atoms with Crippen LogP contribution in [0.1, 0.15) is 40.3 Å². The average molecular weight is 227 g/mol. The molecule has 1 nitrogen and oxygen atoms in total. The molecule has 0 spiro atoms. The van der Waals surface area contributed by atoms with Gasteiger partial charge in [-0.05, 0) is 52.3 Å². The van der Waals surface area contributed by atoms with Crippen molar-refractivity contribution in [1.29, 1.82) is 0 Å². The molecule has 0 radical (unpaired) electrons. The van der Waals surface area contributed by atoms with Gasteiger partial charge in [-0.2, -0.15) is 0 Å². The molecule has 0 bridgehead atoms. The molecule has 0 amide bonds. The summed E-state index contributed by atoms with van der Waals surface area (Å²) in [6.45, 7) is 10.6. The van der Waals surface area contributed by atoms with Gasteiger partial charge in [0.15, 0.2) is 0 Å². The summed E-state index contributed by atoms with van der Waals surface area (Å²) in [4.78, 5) is 4.44. The van der Waals surface area contributed by atoms with Gasteiger partial charge in [0.1, 0.15) is 0 Å². The molecule has 17 heavy (non-hydrogen) atoms. The van der Waals surface area contributed by atoms with E-state index < -0.39 is 0 Å². The van der Waals surface area contributed by atoms with Crippen molar-refractivity contribution in [3.05, 3.63) is 59.0 Å². The molecule has 1 heterocycles. The molecule has 0 N–H and O–H groups in total. The maximum absolute atomic E-state index is 4.44. The molecule has 1 aromatic rings. The molecular weight excluding hydrogens is 206 g/mol. The number of hydrogen-bond acceptors (Lipinski definition) is 1. The van der Waals surface area contributed by atoms with E-state index in [-0.39, 0.29) is 0 Å². The monoisotopic (exact) mass is 227 g/mol. The van der Waals surface area contributed by atoms with Gasteiger partial charge < -0.3 is 0 Å². The van der Waals surface area contributed by atoms with E-state index in [0.29, 0.717) is 0 Å². The largest absolute Gasteiger partial charge is 0.256 e. The van der Waals surface area contributed by atoms with Gasteiger partial charge in [0.2, 0.25) is 0 Å². The highest BCUT2D eigenvalue weighted by molar-refractivity contribution is 5.79. The summed E-state index contributed by atoms with van der Waals surface area (Å²) < 4.78 is 0. The topological polar surface area (TPSA) is 12.9 Å². The Labute approximate surface area is 105 Å². The van der Waals surface area contributed by atoms with Gasteiger partial charge in [0.05, 0.1) is 5.69 Å². The van der Waals surface area contributed by atoms with E-state index in [1.54, 1.807) is 0 Å². The molecule has 1 heteroatoms. The minimum atomic E-state index is 1.05. The van der Waals surface area contributed by atoms with Gasteiger partial charge in [-0.25, -0.2) is 0 Å². The quantitative estimate of drug-likeness (QED) is 0.677. The fraction of sp³-hybridized carbons (Fsp3) is 0.312. The summed E-state index contributed by atoms with van der Waals surface area (Å²) in [6, 6.07) is 6.04.